The van der Waals surface area contributed by atoms with E-state index in [1.165, 1.54) is 0 Å². The van der Waals surface area contributed by atoms with Crippen molar-refractivity contribution in [2.24, 2.45) is 11.3 Å². The van der Waals surface area contributed by atoms with Crippen LogP contribution in [0, 0.1) is 11.3 Å². The van der Waals surface area contributed by atoms with Crippen molar-refractivity contribution < 1.29 is 9.53 Å². The molecule has 3 heterocycles. The predicted molar refractivity (Wildman–Crippen MR) is 83.6 cm³/mol. The van der Waals surface area contributed by atoms with Crippen LogP contribution in [0.5, 0.6) is 0 Å². The number of anilines is 1. The average molecular weight is 301 g/mol. The van der Waals surface area contributed by atoms with Crippen molar-refractivity contribution >= 4 is 11.7 Å². The van der Waals surface area contributed by atoms with E-state index >= 15 is 0 Å². The number of aromatic nitrogens is 1. The quantitative estimate of drug-likeness (QED) is 0.831. The fourth-order valence-electron chi connectivity index (χ4n) is 3.79. The third-order valence-electron chi connectivity index (χ3n) is 5.37. The van der Waals surface area contributed by atoms with Gasteiger partial charge in [0.2, 0.25) is 5.91 Å². The van der Waals surface area contributed by atoms with Crippen LogP contribution in [-0.4, -0.2) is 54.2 Å². The van der Waals surface area contributed by atoms with Gasteiger partial charge in [0.25, 0.3) is 0 Å². The van der Waals surface area contributed by atoms with E-state index in [0.717, 1.165) is 31.9 Å². The molecule has 5 nitrogen and oxygen atoms in total. The lowest BCUT2D eigenvalue weighted by Crippen LogP contribution is -2.51. The van der Waals surface area contributed by atoms with Gasteiger partial charge in [-0.25, -0.2) is 4.98 Å². The molecule has 1 aromatic heterocycles. The van der Waals surface area contributed by atoms with Gasteiger partial charge in [-0.3, -0.25) is 4.79 Å². The third kappa shape index (κ3) is 2.28. The Kier molecular flexibility index (Phi) is 3.15. The van der Waals surface area contributed by atoms with Gasteiger partial charge < -0.3 is 14.5 Å². The molecule has 3 aliphatic rings. The number of carbonyl (C=O) groups is 1. The SMILES string of the molecule is CC1(C)CC1C(=O)N1C[C@@H]2OCCN(c3ccccn3)[C@H]2C1. The molecule has 1 aromatic rings. The van der Waals surface area contributed by atoms with Crippen molar-refractivity contribution in [2.45, 2.75) is 32.4 Å². The minimum Gasteiger partial charge on any atom is -0.372 e. The standard InChI is InChI=1S/C17H23N3O2/c1-17(2)9-12(17)16(21)19-10-13-14(11-19)22-8-7-20(13)15-5-3-4-6-18-15/h3-6,12-14H,7-11H2,1-2H3/t12?,13-,14-/m0/s1. The maximum Gasteiger partial charge on any atom is 0.226 e. The largest absolute Gasteiger partial charge is 0.372 e. The first-order valence-electron chi connectivity index (χ1n) is 8.14. The summed E-state index contributed by atoms with van der Waals surface area (Å²) in [6, 6.07) is 6.21. The number of amides is 1. The highest BCUT2D eigenvalue weighted by atomic mass is 16.5. The van der Waals surface area contributed by atoms with Gasteiger partial charge in [0.1, 0.15) is 5.82 Å². The highest BCUT2D eigenvalue weighted by Gasteiger charge is 2.54. The summed E-state index contributed by atoms with van der Waals surface area (Å²) in [4.78, 5) is 21.4. The molecule has 22 heavy (non-hydrogen) atoms. The summed E-state index contributed by atoms with van der Waals surface area (Å²) >= 11 is 0. The molecule has 1 amide bonds. The van der Waals surface area contributed by atoms with Gasteiger partial charge in [-0.15, -0.1) is 0 Å². The zero-order chi connectivity index (χ0) is 15.3. The van der Waals surface area contributed by atoms with Crippen molar-refractivity contribution in [1.29, 1.82) is 0 Å². The first-order chi connectivity index (χ1) is 10.6. The molecule has 3 fully saturated rings. The Labute approximate surface area is 131 Å². The van der Waals surface area contributed by atoms with Gasteiger partial charge in [0, 0.05) is 31.7 Å². The topological polar surface area (TPSA) is 45.7 Å². The second-order valence-electron chi connectivity index (χ2n) is 7.35. The Balaban J connectivity index is 1.50. The predicted octanol–water partition coefficient (Wildman–Crippen LogP) is 1.54. The Hall–Kier alpha value is -1.62. The number of carbonyl (C=O) groups excluding carboxylic acids is 1. The van der Waals surface area contributed by atoms with Crippen molar-refractivity contribution in [2.75, 3.05) is 31.1 Å². The number of morpholine rings is 1. The van der Waals surface area contributed by atoms with E-state index in [9.17, 15) is 4.79 Å². The minimum absolute atomic E-state index is 0.113. The normalized spacial score (nSPS) is 32.7. The van der Waals surface area contributed by atoms with Crippen molar-refractivity contribution in [3.05, 3.63) is 24.4 Å². The highest BCUT2D eigenvalue weighted by Crippen LogP contribution is 2.52. The molecule has 1 saturated carbocycles. The maximum atomic E-state index is 12.6. The Morgan fingerprint density at radius 2 is 2.18 bits per heavy atom. The van der Waals surface area contributed by atoms with Crippen molar-refractivity contribution in [3.63, 3.8) is 0 Å². The summed E-state index contributed by atoms with van der Waals surface area (Å²) in [5.41, 5.74) is 0.187. The number of hydrogen-bond donors (Lipinski definition) is 0. The fraction of sp³-hybridized carbons (Fsp3) is 0.647. The Bertz CT molecular complexity index is 575. The molecule has 118 valence electrons. The first-order valence-corrected chi connectivity index (χ1v) is 8.14. The van der Waals surface area contributed by atoms with Gasteiger partial charge in [0.05, 0.1) is 18.8 Å². The van der Waals surface area contributed by atoms with Crippen LogP contribution in [0.15, 0.2) is 24.4 Å². The molecule has 1 unspecified atom stereocenters. The summed E-state index contributed by atoms with van der Waals surface area (Å²) in [6.45, 7) is 7.38. The second-order valence-corrected chi connectivity index (χ2v) is 7.35. The molecule has 0 bridgehead atoms. The van der Waals surface area contributed by atoms with E-state index in [1.807, 2.05) is 29.3 Å². The van der Waals surface area contributed by atoms with E-state index in [-0.39, 0.29) is 23.5 Å². The highest BCUT2D eigenvalue weighted by molar-refractivity contribution is 5.83. The lowest BCUT2D eigenvalue weighted by molar-refractivity contribution is -0.132. The number of rotatable bonds is 2. The third-order valence-corrected chi connectivity index (χ3v) is 5.37. The molecular formula is C17H23N3O2. The molecule has 1 aliphatic carbocycles. The Morgan fingerprint density at radius 3 is 2.86 bits per heavy atom. The fourth-order valence-corrected chi connectivity index (χ4v) is 3.79. The lowest BCUT2D eigenvalue weighted by atomic mass is 10.1. The van der Waals surface area contributed by atoms with Crippen LogP contribution < -0.4 is 4.90 Å². The smallest absolute Gasteiger partial charge is 0.226 e. The van der Waals surface area contributed by atoms with Crippen LogP contribution in [0.2, 0.25) is 0 Å². The number of nitrogens with zero attached hydrogens (tertiary/aromatic N) is 3. The monoisotopic (exact) mass is 301 g/mol. The van der Waals surface area contributed by atoms with Crippen LogP contribution in [-0.2, 0) is 9.53 Å². The zero-order valence-corrected chi connectivity index (χ0v) is 13.2. The average Bonchev–Trinajstić information content (AvgIpc) is 2.97. The van der Waals surface area contributed by atoms with Crippen LogP contribution in [0.25, 0.3) is 0 Å². The van der Waals surface area contributed by atoms with Gasteiger partial charge in [-0.1, -0.05) is 19.9 Å². The first kappa shape index (κ1) is 14.0. The Morgan fingerprint density at radius 1 is 1.36 bits per heavy atom. The molecule has 2 aliphatic heterocycles. The minimum atomic E-state index is 0.113. The number of ether oxygens (including phenoxy) is 1. The van der Waals surface area contributed by atoms with Crippen molar-refractivity contribution in [3.8, 4) is 0 Å². The van der Waals surface area contributed by atoms with Crippen LogP contribution >= 0.6 is 0 Å². The van der Waals surface area contributed by atoms with E-state index in [1.54, 1.807) is 0 Å². The van der Waals surface area contributed by atoms with E-state index in [2.05, 4.69) is 23.7 Å². The molecule has 4 rings (SSSR count). The van der Waals surface area contributed by atoms with Gasteiger partial charge in [-0.05, 0) is 24.0 Å². The summed E-state index contributed by atoms with van der Waals surface area (Å²) in [5, 5.41) is 0. The van der Waals surface area contributed by atoms with Crippen LogP contribution in [0.4, 0.5) is 5.82 Å². The zero-order valence-electron chi connectivity index (χ0n) is 13.2. The second kappa shape index (κ2) is 4.95. The molecule has 0 N–H and O–H groups in total. The number of pyridine rings is 1. The number of hydrogen-bond acceptors (Lipinski definition) is 4. The van der Waals surface area contributed by atoms with Crippen LogP contribution in [0.1, 0.15) is 20.3 Å². The number of likely N-dealkylation sites (tertiary alicyclic amines) is 1. The van der Waals surface area contributed by atoms with Crippen molar-refractivity contribution in [1.82, 2.24) is 9.88 Å². The maximum absolute atomic E-state index is 12.6. The number of fused-ring (bicyclic) bond motifs is 1. The lowest BCUT2D eigenvalue weighted by Gasteiger charge is -2.37. The van der Waals surface area contributed by atoms with E-state index in [4.69, 9.17) is 4.74 Å². The summed E-state index contributed by atoms with van der Waals surface area (Å²) in [5.74, 6) is 1.50. The van der Waals surface area contributed by atoms with Crippen LogP contribution in [0.3, 0.4) is 0 Å². The van der Waals surface area contributed by atoms with E-state index in [0.29, 0.717) is 12.5 Å². The summed E-state index contributed by atoms with van der Waals surface area (Å²) in [7, 11) is 0. The van der Waals surface area contributed by atoms with E-state index < -0.39 is 0 Å². The molecular weight excluding hydrogens is 278 g/mol. The summed E-state index contributed by atoms with van der Waals surface area (Å²) in [6.07, 6.45) is 2.95. The van der Waals surface area contributed by atoms with Gasteiger partial charge in [0.15, 0.2) is 0 Å². The molecule has 5 heteroatoms. The molecule has 0 aromatic carbocycles. The molecule has 3 atom stereocenters. The summed E-state index contributed by atoms with van der Waals surface area (Å²) < 4.78 is 5.92. The van der Waals surface area contributed by atoms with Gasteiger partial charge in [-0.2, -0.15) is 0 Å². The van der Waals surface area contributed by atoms with Gasteiger partial charge >= 0.3 is 0 Å². The molecule has 0 radical (unpaired) electrons. The molecule has 2 saturated heterocycles. The molecule has 0 spiro atoms.